The van der Waals surface area contributed by atoms with Crippen molar-refractivity contribution < 1.29 is 14.5 Å². The Morgan fingerprint density at radius 2 is 2.12 bits per heavy atom. The lowest BCUT2D eigenvalue weighted by atomic mass is 9.78. The Labute approximate surface area is 140 Å². The van der Waals surface area contributed by atoms with Crippen molar-refractivity contribution in [3.8, 4) is 0 Å². The van der Waals surface area contributed by atoms with Crippen molar-refractivity contribution in [1.82, 2.24) is 4.98 Å². The monoisotopic (exact) mass is 319 g/mol. The molecule has 0 spiro atoms. The molecule has 0 unspecified atom stereocenters. The summed E-state index contributed by atoms with van der Waals surface area (Å²) in [6, 6.07) is 13.7. The van der Waals surface area contributed by atoms with Gasteiger partial charge >= 0.3 is 7.12 Å². The number of benzene rings is 2. The molecule has 1 aliphatic rings. The Hall–Kier alpha value is -2.37. The molecule has 24 heavy (non-hydrogen) atoms. The number of aryl methyl sites for hydroxylation is 1. The number of aromatic nitrogens is 1. The molecule has 0 saturated heterocycles. The number of H-pyrrole nitrogens is 1. The highest BCUT2D eigenvalue weighted by Crippen LogP contribution is 2.20. The zero-order valence-electron chi connectivity index (χ0n) is 13.3. The predicted octanol–water partition coefficient (Wildman–Crippen LogP) is 2.59. The number of rotatable bonds is 5. The van der Waals surface area contributed by atoms with Crippen molar-refractivity contribution >= 4 is 29.3 Å². The number of fused-ring (bicyclic) bond motifs is 2. The zero-order chi connectivity index (χ0) is 16.5. The summed E-state index contributed by atoms with van der Waals surface area (Å²) in [7, 11) is -0.904. The van der Waals surface area contributed by atoms with Crippen LogP contribution in [0.1, 0.15) is 34.3 Å². The van der Waals surface area contributed by atoms with E-state index in [9.17, 15) is 9.82 Å². The average Bonchev–Trinajstić information content (AvgIpc) is 3.19. The first-order chi connectivity index (χ1) is 11.7. The normalized spacial score (nSPS) is 13.5. The van der Waals surface area contributed by atoms with E-state index < -0.39 is 7.12 Å². The molecule has 120 valence electrons. The molecule has 0 aliphatic carbocycles. The summed E-state index contributed by atoms with van der Waals surface area (Å²) in [5, 5.41) is 11.0. The highest BCUT2D eigenvalue weighted by molar-refractivity contribution is 6.61. The molecule has 0 radical (unpaired) electrons. The molecule has 4 nitrogen and oxygen atoms in total. The van der Waals surface area contributed by atoms with E-state index in [1.54, 1.807) is 6.07 Å². The molecular formula is C19H18BNO3. The second-order valence-electron chi connectivity index (χ2n) is 6.21. The zero-order valence-corrected chi connectivity index (χ0v) is 13.3. The topological polar surface area (TPSA) is 62.3 Å². The second kappa shape index (κ2) is 6.26. The number of ketones is 1. The van der Waals surface area contributed by atoms with E-state index in [-0.39, 0.29) is 5.78 Å². The van der Waals surface area contributed by atoms with E-state index in [0.717, 1.165) is 29.4 Å². The Morgan fingerprint density at radius 3 is 3.04 bits per heavy atom. The number of nitrogens with one attached hydrogen (secondary N) is 1. The third kappa shape index (κ3) is 2.77. The minimum Gasteiger partial charge on any atom is -0.423 e. The van der Waals surface area contributed by atoms with Gasteiger partial charge in [0.1, 0.15) is 0 Å². The van der Waals surface area contributed by atoms with Gasteiger partial charge in [-0.2, -0.15) is 0 Å². The molecule has 0 amide bonds. The number of para-hydroxylation sites is 1. The minimum absolute atomic E-state index is 0.108. The lowest BCUT2D eigenvalue weighted by Gasteiger charge is -2.04. The van der Waals surface area contributed by atoms with Gasteiger partial charge in [0.15, 0.2) is 5.78 Å². The fourth-order valence-electron chi connectivity index (χ4n) is 3.31. The van der Waals surface area contributed by atoms with Gasteiger partial charge in [-0.1, -0.05) is 36.4 Å². The van der Waals surface area contributed by atoms with Gasteiger partial charge in [0.25, 0.3) is 0 Å². The van der Waals surface area contributed by atoms with Crippen molar-refractivity contribution in [2.45, 2.75) is 25.9 Å². The lowest BCUT2D eigenvalue weighted by Crippen LogP contribution is -2.28. The van der Waals surface area contributed by atoms with Gasteiger partial charge in [0, 0.05) is 29.1 Å². The number of carbonyl (C=O) groups is 1. The van der Waals surface area contributed by atoms with Crippen LogP contribution in [0, 0.1) is 0 Å². The van der Waals surface area contributed by atoms with Crippen LogP contribution in [0.5, 0.6) is 0 Å². The van der Waals surface area contributed by atoms with Crippen LogP contribution in [-0.2, 0) is 17.7 Å². The summed E-state index contributed by atoms with van der Waals surface area (Å²) in [6.45, 7) is 0.408. The van der Waals surface area contributed by atoms with Gasteiger partial charge in [-0.3, -0.25) is 4.79 Å². The number of aromatic amines is 1. The van der Waals surface area contributed by atoms with Crippen molar-refractivity contribution in [2.75, 3.05) is 0 Å². The van der Waals surface area contributed by atoms with Gasteiger partial charge in [0.05, 0.1) is 6.61 Å². The number of hydrogen-bond acceptors (Lipinski definition) is 3. The molecule has 2 heterocycles. The van der Waals surface area contributed by atoms with Crippen LogP contribution >= 0.6 is 0 Å². The molecule has 2 aromatic carbocycles. The predicted molar refractivity (Wildman–Crippen MR) is 94.4 cm³/mol. The summed E-state index contributed by atoms with van der Waals surface area (Å²) >= 11 is 0. The van der Waals surface area contributed by atoms with Gasteiger partial charge in [0.2, 0.25) is 0 Å². The van der Waals surface area contributed by atoms with E-state index >= 15 is 0 Å². The Balaban J connectivity index is 1.41. The first kappa shape index (κ1) is 15.2. The first-order valence-corrected chi connectivity index (χ1v) is 8.23. The maximum absolute atomic E-state index is 12.4. The van der Waals surface area contributed by atoms with Crippen LogP contribution in [0.3, 0.4) is 0 Å². The molecular weight excluding hydrogens is 301 g/mol. The Bertz CT molecular complexity index is 903. The van der Waals surface area contributed by atoms with Crippen molar-refractivity contribution in [3.63, 3.8) is 0 Å². The Kier molecular flexibility index (Phi) is 3.96. The third-order valence-corrected chi connectivity index (χ3v) is 4.66. The fourth-order valence-corrected chi connectivity index (χ4v) is 3.31. The van der Waals surface area contributed by atoms with Crippen LogP contribution in [0.2, 0.25) is 0 Å². The highest BCUT2D eigenvalue weighted by atomic mass is 16.5. The maximum atomic E-state index is 12.4. The largest absolute Gasteiger partial charge is 0.491 e. The van der Waals surface area contributed by atoms with Crippen molar-refractivity contribution in [3.05, 3.63) is 65.4 Å². The van der Waals surface area contributed by atoms with Crippen molar-refractivity contribution in [1.29, 1.82) is 0 Å². The van der Waals surface area contributed by atoms with Gasteiger partial charge in [-0.05, 0) is 35.5 Å². The quantitative estimate of drug-likeness (QED) is 0.561. The fraction of sp³-hybridized carbons (Fsp3) is 0.211. The molecule has 1 aromatic heterocycles. The van der Waals surface area contributed by atoms with Gasteiger partial charge in [-0.25, -0.2) is 0 Å². The SMILES string of the molecule is O=C(CCCc1c[nH]c2ccccc12)c1ccc2c(c1)B(O)OC2. The molecule has 0 saturated carbocycles. The number of hydrogen-bond donors (Lipinski definition) is 2. The second-order valence-corrected chi connectivity index (χ2v) is 6.21. The molecule has 5 heteroatoms. The molecule has 2 N–H and O–H groups in total. The van der Waals surface area contributed by atoms with E-state index in [0.29, 0.717) is 18.6 Å². The summed E-state index contributed by atoms with van der Waals surface area (Å²) in [5.41, 5.74) is 4.70. The maximum Gasteiger partial charge on any atom is 0.491 e. The number of Topliss-reactive ketones (excluding diaryl/α,β-unsaturated/α-hetero) is 1. The third-order valence-electron chi connectivity index (χ3n) is 4.66. The number of carbonyl (C=O) groups excluding carboxylic acids is 1. The van der Waals surface area contributed by atoms with Crippen LogP contribution in [0.15, 0.2) is 48.7 Å². The van der Waals surface area contributed by atoms with E-state index in [1.807, 2.05) is 30.5 Å². The molecule has 0 fully saturated rings. The molecule has 3 aromatic rings. The van der Waals surface area contributed by atoms with E-state index in [4.69, 9.17) is 4.65 Å². The molecule has 0 bridgehead atoms. The van der Waals surface area contributed by atoms with Crippen LogP contribution in [-0.4, -0.2) is 22.9 Å². The van der Waals surface area contributed by atoms with Gasteiger partial charge in [-0.15, -0.1) is 0 Å². The van der Waals surface area contributed by atoms with Crippen LogP contribution < -0.4 is 5.46 Å². The van der Waals surface area contributed by atoms with E-state index in [1.165, 1.54) is 10.9 Å². The Morgan fingerprint density at radius 1 is 1.25 bits per heavy atom. The molecule has 0 atom stereocenters. The van der Waals surface area contributed by atoms with Crippen LogP contribution in [0.25, 0.3) is 10.9 Å². The summed E-state index contributed by atoms with van der Waals surface area (Å²) in [5.74, 6) is 0.108. The standard InChI is InChI=1S/C19H18BNO3/c22-19(13-8-9-15-12-24-20(23)17(15)10-13)7-3-4-14-11-21-18-6-2-1-5-16(14)18/h1-2,5-6,8-11,21,23H,3-4,7,12H2. The smallest absolute Gasteiger partial charge is 0.423 e. The summed E-state index contributed by atoms with van der Waals surface area (Å²) in [6.07, 6.45) is 4.19. The van der Waals surface area contributed by atoms with Gasteiger partial charge < -0.3 is 14.7 Å². The lowest BCUT2D eigenvalue weighted by molar-refractivity contribution is 0.0980. The first-order valence-electron chi connectivity index (χ1n) is 8.23. The minimum atomic E-state index is -0.904. The van der Waals surface area contributed by atoms with Crippen LogP contribution in [0.4, 0.5) is 0 Å². The highest BCUT2D eigenvalue weighted by Gasteiger charge is 2.27. The average molecular weight is 319 g/mol. The molecule has 4 rings (SSSR count). The molecule has 1 aliphatic heterocycles. The van der Waals surface area contributed by atoms with Crippen molar-refractivity contribution in [2.24, 2.45) is 0 Å². The summed E-state index contributed by atoms with van der Waals surface area (Å²) in [4.78, 5) is 15.7. The van der Waals surface area contributed by atoms with E-state index in [2.05, 4.69) is 17.1 Å². The summed E-state index contributed by atoms with van der Waals surface area (Å²) < 4.78 is 5.17.